The molecule has 0 aliphatic heterocycles. The van der Waals surface area contributed by atoms with Crippen molar-refractivity contribution < 1.29 is 81.0 Å². The number of ether oxygens (including phenoxy) is 9. The molecule has 127 heavy (non-hydrogen) atoms. The van der Waals surface area contributed by atoms with E-state index in [0.29, 0.717) is 42.5 Å². The molecule has 0 N–H and O–H groups in total. The van der Waals surface area contributed by atoms with Crippen LogP contribution >= 0.6 is 0 Å². The molecule has 14 rings (SSSR count). The summed E-state index contributed by atoms with van der Waals surface area (Å²) in [5, 5.41) is 0. The Hall–Kier alpha value is -6.00. The van der Waals surface area contributed by atoms with Gasteiger partial charge in [0.25, 0.3) is 0 Å². The van der Waals surface area contributed by atoms with Crippen LogP contribution in [0.25, 0.3) is 0 Å². The summed E-state index contributed by atoms with van der Waals surface area (Å²) in [7, 11) is 0. The van der Waals surface area contributed by atoms with Crippen LogP contribution in [0, 0.1) is 127 Å². The highest BCUT2D eigenvalue weighted by atomic mass is 16.6. The van der Waals surface area contributed by atoms with Crippen LogP contribution in [0.4, 0.5) is 0 Å². The van der Waals surface area contributed by atoms with Gasteiger partial charge in [0.2, 0.25) is 0 Å². The van der Waals surface area contributed by atoms with Crippen LogP contribution in [0.3, 0.4) is 0 Å². The lowest BCUT2D eigenvalue weighted by atomic mass is 9.70. The number of hydrogen-bond acceptors (Lipinski definition) is 17. The molecule has 12 aliphatic rings. The number of fused-ring (bicyclic) bond motifs is 14. The van der Waals surface area contributed by atoms with Gasteiger partial charge in [-0.1, -0.05) is 206 Å². The van der Waals surface area contributed by atoms with Crippen molar-refractivity contribution in [2.75, 3.05) is 13.2 Å². The van der Waals surface area contributed by atoms with Crippen molar-refractivity contribution >= 4 is 47.8 Å². The molecule has 12 saturated carbocycles. The average Bonchev–Trinajstić information content (AvgIpc) is 1.57. The molecule has 12 fully saturated rings. The third-order valence-corrected chi connectivity index (χ3v) is 34.8. The summed E-state index contributed by atoms with van der Waals surface area (Å²) < 4.78 is 49.8. The molecule has 17 heteroatoms. The summed E-state index contributed by atoms with van der Waals surface area (Å²) in [5.41, 5.74) is 1.08. The van der Waals surface area contributed by atoms with E-state index in [1.54, 1.807) is 0 Å². The first-order chi connectivity index (χ1) is 60.0. The Labute approximate surface area is 771 Å². The molecule has 17 nitrogen and oxygen atoms in total. The van der Waals surface area contributed by atoms with Crippen molar-refractivity contribution in [3.8, 4) is 5.75 Å². The summed E-state index contributed by atoms with van der Waals surface area (Å²) in [6, 6.07) is 19.2. The summed E-state index contributed by atoms with van der Waals surface area (Å²) in [4.78, 5) is 94.1. The predicted octanol–water partition coefficient (Wildman–Crippen LogP) is 26.8. The van der Waals surface area contributed by atoms with Crippen LogP contribution in [-0.2, 0) is 82.9 Å². The summed E-state index contributed by atoms with van der Waals surface area (Å²) >= 11 is 0. The third-order valence-electron chi connectivity index (χ3n) is 34.8. The number of hydrogen-bond donors (Lipinski definition) is 0. The van der Waals surface area contributed by atoms with Gasteiger partial charge in [-0.2, -0.15) is 0 Å². The number of benzene rings is 2. The molecule has 0 spiro atoms. The van der Waals surface area contributed by atoms with Crippen molar-refractivity contribution in [3.05, 3.63) is 66.2 Å². The minimum absolute atomic E-state index is 0.00119. The van der Waals surface area contributed by atoms with Gasteiger partial charge >= 0.3 is 47.8 Å². The number of rotatable bonds is 28. The Morgan fingerprint density at radius 1 is 0.346 bits per heavy atom. The Morgan fingerprint density at radius 2 is 0.701 bits per heavy atom. The predicted molar refractivity (Wildman–Crippen MR) is 507 cm³/mol. The van der Waals surface area contributed by atoms with Crippen molar-refractivity contribution in [3.63, 3.8) is 0 Å². The minimum Gasteiger partial charge on any atom is -0.490 e. The van der Waals surface area contributed by atoms with E-state index in [4.69, 9.17) is 42.6 Å². The second-order valence-corrected chi connectivity index (χ2v) is 44.3. The molecule has 0 saturated heterocycles. The topological polar surface area (TPSA) is 220 Å². The van der Waals surface area contributed by atoms with Crippen LogP contribution in [0.1, 0.15) is 397 Å². The smallest absolute Gasteiger partial charge is 0.311 e. The van der Waals surface area contributed by atoms with E-state index in [2.05, 4.69) is 55.4 Å². The fourth-order valence-electron chi connectivity index (χ4n) is 22.1. The molecule has 12 aliphatic carbocycles. The number of para-hydroxylation sites is 1. The first-order valence-corrected chi connectivity index (χ1v) is 51.3. The molecule has 21 atom stereocenters. The maximum absolute atomic E-state index is 12.3. The van der Waals surface area contributed by atoms with E-state index >= 15 is 0 Å². The van der Waals surface area contributed by atoms with Gasteiger partial charge in [0.1, 0.15) is 62.2 Å². The van der Waals surface area contributed by atoms with Crippen LogP contribution < -0.4 is 4.74 Å². The molecule has 0 aromatic heterocycles. The first kappa shape index (κ1) is 108. The Bertz CT molecular complexity index is 3680. The first-order valence-electron chi connectivity index (χ1n) is 51.3. The summed E-state index contributed by atoms with van der Waals surface area (Å²) in [6.07, 6.45) is 40.4. The van der Waals surface area contributed by atoms with Gasteiger partial charge in [0.05, 0.1) is 45.8 Å². The fraction of sp³-hybridized carbons (Fsp3) is 0.818. The zero-order chi connectivity index (χ0) is 94.0. The summed E-state index contributed by atoms with van der Waals surface area (Å²) in [5.74, 6) is 9.06. The lowest BCUT2D eigenvalue weighted by molar-refractivity contribution is -0.168. The van der Waals surface area contributed by atoms with Gasteiger partial charge < -0.3 is 42.6 Å². The average molecular weight is 1770 g/mol. The van der Waals surface area contributed by atoms with Gasteiger partial charge in [0, 0.05) is 10.8 Å². The number of carbonyl (C=O) groups is 8. The maximum Gasteiger partial charge on any atom is 0.311 e. The summed E-state index contributed by atoms with van der Waals surface area (Å²) in [6.45, 7) is 52.8. The SMILES string of the molecule is CCC(C)(C)C(=O)OC1CC2CC1C1CCCC21.CCC(C)(C)C(=O)OC1CC2CCC1(C)C2(C)C.CCC(C)(C)C(=O)OC1CCCCC1.CCC(C)C(=O)OC1CC2CC1C1CCCC21.CCC(C)C(=O)OC1CC2CCC1(C)C2(C)C.CCC(C)C(=O)OC1CCCCC1.CCC(C)C(=O)OCCOc1ccccc1.CCC(C)C(=O)OCc1ccccc1. The van der Waals surface area contributed by atoms with E-state index in [0.717, 1.165) is 161 Å². The van der Waals surface area contributed by atoms with Crippen molar-refractivity contribution in [2.24, 2.45) is 127 Å². The molecule has 8 bridgehead atoms. The second kappa shape index (κ2) is 49.7. The molecule has 722 valence electrons. The van der Waals surface area contributed by atoms with Gasteiger partial charge in [-0.3, -0.25) is 38.4 Å². The Balaban J connectivity index is 0.000000200. The van der Waals surface area contributed by atoms with Crippen molar-refractivity contribution in [1.29, 1.82) is 0 Å². The molecule has 0 heterocycles. The molecule has 2 aromatic carbocycles. The van der Waals surface area contributed by atoms with Crippen LogP contribution in [0.5, 0.6) is 5.75 Å². The number of carbonyl (C=O) groups excluding carboxylic acids is 8. The van der Waals surface area contributed by atoms with Crippen LogP contribution in [-0.4, -0.2) is 97.6 Å². The van der Waals surface area contributed by atoms with Crippen molar-refractivity contribution in [1.82, 2.24) is 0 Å². The van der Waals surface area contributed by atoms with Crippen molar-refractivity contribution in [2.45, 2.75) is 435 Å². The highest BCUT2D eigenvalue weighted by Gasteiger charge is 2.65. The third kappa shape index (κ3) is 28.8. The second-order valence-electron chi connectivity index (χ2n) is 44.3. The fourth-order valence-corrected chi connectivity index (χ4v) is 22.1. The standard InChI is InChI=1S/C16H26O2.C16H28O2.C15H24O2.C15H26O2.C13H18O3.C12H22O2.C12H16O2.C11H20O2/c1-4-16(2,3)15(17)18-14-9-10-8-13(14)12-7-5-6-11(10)12;1-7-14(2,3)13(17)18-12-10-11-8-9-16(12,6)15(11,4)5;1-3-9(2)15(16)17-14-8-10-7-13(14)12-6-4-5-11(10)12;1-6-10(2)13(16)17-12-9-11-7-8-15(12,5)14(11,3)4;1-3-11(2)13(14)16-10-9-15-12-7-5-4-6-8-12;1-4-12(2,3)11(13)14-10-8-6-5-7-9-10;1-3-10(2)12(13)14-9-11-7-5-4-6-8-11;1-3-9(2)11(12)13-10-7-5-4-6-8-10/h10-14H,4-9H2,1-3H3;11-12H,7-10H2,1-6H3;9-14H,3-8H2,1-2H3;10-12H,6-9H2,1-5H3;4-8,11H,3,9-10H2,1-2H3;10H,4-9H2,1-3H3;4-8,10H,3,9H2,1-2H3;9-10H,3-8H2,1-2H3. The zero-order valence-corrected chi connectivity index (χ0v) is 84.5. The van der Waals surface area contributed by atoms with E-state index in [9.17, 15) is 38.4 Å². The van der Waals surface area contributed by atoms with Gasteiger partial charge in [-0.25, -0.2) is 0 Å². The molecule has 0 radical (unpaired) electrons. The van der Waals surface area contributed by atoms with Gasteiger partial charge in [-0.15, -0.1) is 0 Å². The highest BCUT2D eigenvalue weighted by Crippen LogP contribution is 2.68. The highest BCUT2D eigenvalue weighted by molar-refractivity contribution is 5.78. The molecule has 2 aromatic rings. The Kier molecular flexibility index (Phi) is 42.2. The molecule has 0 amide bonds. The largest absolute Gasteiger partial charge is 0.490 e. The van der Waals surface area contributed by atoms with Gasteiger partial charge in [-0.05, 0) is 322 Å². The molecule has 21 unspecified atom stereocenters. The monoisotopic (exact) mass is 1770 g/mol. The van der Waals surface area contributed by atoms with Crippen LogP contribution in [0.15, 0.2) is 60.7 Å². The normalized spacial score (nSPS) is 29.8. The molecular weight excluding hydrogens is 1590 g/mol. The zero-order valence-electron chi connectivity index (χ0n) is 84.5. The van der Waals surface area contributed by atoms with E-state index < -0.39 is 0 Å². The minimum atomic E-state index is -0.345. The maximum atomic E-state index is 12.3. The quantitative estimate of drug-likeness (QED) is 0.0439. The molecular formula is C110H180O17. The van der Waals surface area contributed by atoms with Crippen LogP contribution in [0.2, 0.25) is 0 Å². The van der Waals surface area contributed by atoms with E-state index in [-0.39, 0.29) is 141 Å². The lowest BCUT2D eigenvalue weighted by Crippen LogP contribution is -2.40. The Morgan fingerprint density at radius 3 is 1.10 bits per heavy atom. The van der Waals surface area contributed by atoms with E-state index in [1.165, 1.54) is 116 Å². The van der Waals surface area contributed by atoms with Gasteiger partial charge in [0.15, 0.2) is 0 Å². The number of esters is 8. The lowest BCUT2D eigenvalue weighted by Gasteiger charge is -2.39. The van der Waals surface area contributed by atoms with E-state index in [1.807, 2.05) is 178 Å².